The van der Waals surface area contributed by atoms with Crippen molar-refractivity contribution in [2.45, 2.75) is 57.8 Å². The monoisotopic (exact) mass is 389 g/mol. The molecule has 2 aromatic carbocycles. The van der Waals surface area contributed by atoms with E-state index >= 15 is 0 Å². The zero-order valence-corrected chi connectivity index (χ0v) is 17.3. The summed E-state index contributed by atoms with van der Waals surface area (Å²) in [6.45, 7) is -0.236. The van der Waals surface area contributed by atoms with Crippen LogP contribution in [0.15, 0.2) is 60.7 Å². The number of hydrogen-bond acceptors (Lipinski definition) is 1. The number of nitriles is 1. The second-order valence-corrected chi connectivity index (χ2v) is 8.34. The van der Waals surface area contributed by atoms with Crippen molar-refractivity contribution >= 4 is 0 Å². The van der Waals surface area contributed by atoms with Crippen LogP contribution >= 0.6 is 0 Å². The Labute approximate surface area is 175 Å². The molecule has 0 aromatic heterocycles. The van der Waals surface area contributed by atoms with Crippen LogP contribution in [-0.4, -0.2) is 6.67 Å². The number of hydrogen-bond donors (Lipinski definition) is 0. The van der Waals surface area contributed by atoms with Crippen LogP contribution in [0.4, 0.5) is 4.39 Å². The number of halogens is 1. The van der Waals surface area contributed by atoms with Gasteiger partial charge in [-0.15, -0.1) is 0 Å². The Morgan fingerprint density at radius 1 is 0.793 bits per heavy atom. The fourth-order valence-electron chi connectivity index (χ4n) is 4.41. The maximum Gasteiger partial charge on any atom is 0.0991 e. The molecule has 29 heavy (non-hydrogen) atoms. The molecule has 2 heteroatoms. The van der Waals surface area contributed by atoms with Gasteiger partial charge in [0.25, 0.3) is 0 Å². The van der Waals surface area contributed by atoms with Crippen LogP contribution < -0.4 is 0 Å². The molecule has 3 rings (SSSR count). The van der Waals surface area contributed by atoms with E-state index in [9.17, 15) is 4.39 Å². The maximum atomic E-state index is 12.1. The maximum absolute atomic E-state index is 12.1. The van der Waals surface area contributed by atoms with Crippen LogP contribution in [0.3, 0.4) is 0 Å². The fraction of sp³-hybridized carbons (Fsp3) is 0.444. The van der Waals surface area contributed by atoms with Gasteiger partial charge in [0, 0.05) is 0 Å². The van der Waals surface area contributed by atoms with Gasteiger partial charge in [0.1, 0.15) is 0 Å². The zero-order chi connectivity index (χ0) is 20.3. The van der Waals surface area contributed by atoms with E-state index in [0.717, 1.165) is 30.2 Å². The smallest absolute Gasteiger partial charge is 0.0991 e. The number of allylic oxidation sites excluding steroid dienone is 2. The Balaban J connectivity index is 1.39. The average molecular weight is 390 g/mol. The first-order valence-corrected chi connectivity index (χ1v) is 11.1. The Morgan fingerprint density at radius 2 is 1.34 bits per heavy atom. The number of benzene rings is 2. The average Bonchev–Trinajstić information content (AvgIpc) is 2.79. The van der Waals surface area contributed by atoms with Crippen LogP contribution in [0, 0.1) is 23.2 Å². The first-order chi connectivity index (χ1) is 14.3. The standard InChI is InChI=1S/C27H32FN/c28-20-4-2-1-3-5-22-6-8-23(9-7-22)10-11-24-12-16-26(17-13-24)27-18-14-25(21-29)15-19-27/h1-2,12-19,22-23H,3-11,20H2/t22-,23-. The Kier molecular flexibility index (Phi) is 8.50. The van der Waals surface area contributed by atoms with Crippen molar-refractivity contribution in [3.05, 3.63) is 71.8 Å². The Hall–Kier alpha value is -2.40. The third-order valence-corrected chi connectivity index (χ3v) is 6.29. The summed E-state index contributed by atoms with van der Waals surface area (Å²) in [7, 11) is 0. The first-order valence-electron chi connectivity index (χ1n) is 11.1. The van der Waals surface area contributed by atoms with Crippen LogP contribution in [0.5, 0.6) is 0 Å². The topological polar surface area (TPSA) is 23.8 Å². The third-order valence-electron chi connectivity index (χ3n) is 6.29. The van der Waals surface area contributed by atoms with E-state index < -0.39 is 0 Å². The molecule has 2 aromatic rings. The third kappa shape index (κ3) is 6.86. The Bertz CT molecular complexity index is 790. The van der Waals surface area contributed by atoms with Crippen LogP contribution in [0.2, 0.25) is 0 Å². The number of rotatable bonds is 9. The lowest BCUT2D eigenvalue weighted by molar-refractivity contribution is 0.254. The second kappa shape index (κ2) is 11.6. The highest BCUT2D eigenvalue weighted by atomic mass is 19.1. The lowest BCUT2D eigenvalue weighted by Gasteiger charge is -2.28. The number of nitrogens with zero attached hydrogens (tertiary/aromatic N) is 1. The summed E-state index contributed by atoms with van der Waals surface area (Å²) in [5.41, 5.74) is 4.49. The molecule has 0 atom stereocenters. The van der Waals surface area contributed by atoms with E-state index in [1.165, 1.54) is 49.7 Å². The van der Waals surface area contributed by atoms with Crippen LogP contribution in [0.25, 0.3) is 11.1 Å². The van der Waals surface area contributed by atoms with Gasteiger partial charge >= 0.3 is 0 Å². The molecule has 0 amide bonds. The lowest BCUT2D eigenvalue weighted by Crippen LogP contribution is -2.15. The summed E-state index contributed by atoms with van der Waals surface area (Å²) < 4.78 is 12.1. The molecular weight excluding hydrogens is 357 g/mol. The van der Waals surface area contributed by atoms with Gasteiger partial charge in [-0.1, -0.05) is 74.2 Å². The van der Waals surface area contributed by atoms with Gasteiger partial charge in [0.15, 0.2) is 0 Å². The minimum absolute atomic E-state index is 0.236. The van der Waals surface area contributed by atoms with Crippen molar-refractivity contribution < 1.29 is 4.39 Å². The summed E-state index contributed by atoms with van der Waals surface area (Å²) >= 11 is 0. The van der Waals surface area contributed by atoms with Gasteiger partial charge in [0.05, 0.1) is 18.3 Å². The van der Waals surface area contributed by atoms with Gasteiger partial charge in [-0.25, -0.2) is 0 Å². The van der Waals surface area contributed by atoms with Crippen molar-refractivity contribution in [1.82, 2.24) is 0 Å². The van der Waals surface area contributed by atoms with Crippen LogP contribution in [0.1, 0.15) is 62.5 Å². The Morgan fingerprint density at radius 3 is 1.93 bits per heavy atom. The molecule has 1 aliphatic rings. The molecule has 1 aliphatic carbocycles. The van der Waals surface area contributed by atoms with Crippen molar-refractivity contribution in [2.24, 2.45) is 11.8 Å². The molecule has 0 N–H and O–H groups in total. The van der Waals surface area contributed by atoms with E-state index in [-0.39, 0.29) is 6.67 Å². The van der Waals surface area contributed by atoms with E-state index in [4.69, 9.17) is 5.26 Å². The van der Waals surface area contributed by atoms with Gasteiger partial charge in [-0.05, 0) is 72.8 Å². The van der Waals surface area contributed by atoms with Crippen molar-refractivity contribution in [3.8, 4) is 17.2 Å². The van der Waals surface area contributed by atoms with Gasteiger partial charge in [-0.2, -0.15) is 5.26 Å². The molecule has 1 fully saturated rings. The minimum Gasteiger partial charge on any atom is -0.251 e. The van der Waals surface area contributed by atoms with Gasteiger partial charge in [-0.3, -0.25) is 4.39 Å². The highest BCUT2D eigenvalue weighted by molar-refractivity contribution is 5.64. The van der Waals surface area contributed by atoms with Gasteiger partial charge in [0.2, 0.25) is 0 Å². The number of alkyl halides is 1. The second-order valence-electron chi connectivity index (χ2n) is 8.34. The molecule has 0 spiro atoms. The van der Waals surface area contributed by atoms with E-state index in [0.29, 0.717) is 12.0 Å². The summed E-state index contributed by atoms with van der Waals surface area (Å²) in [5.74, 6) is 1.74. The quantitative estimate of drug-likeness (QED) is 0.404. The normalized spacial score (nSPS) is 19.3. The molecule has 1 nitrogen and oxygen atoms in total. The lowest BCUT2D eigenvalue weighted by atomic mass is 9.78. The van der Waals surface area contributed by atoms with E-state index in [2.05, 4.69) is 36.4 Å². The predicted molar refractivity (Wildman–Crippen MR) is 119 cm³/mol. The molecular formula is C27H32FN. The summed E-state index contributed by atoms with van der Waals surface area (Å²) in [6, 6.07) is 18.9. The minimum atomic E-state index is -0.236. The largest absolute Gasteiger partial charge is 0.251 e. The SMILES string of the molecule is N#Cc1ccc(-c2ccc(CC[C@H]3CC[C@H](CCC=CCCF)CC3)cc2)cc1. The first kappa shape index (κ1) is 21.3. The summed E-state index contributed by atoms with van der Waals surface area (Å²) in [4.78, 5) is 0. The van der Waals surface area contributed by atoms with Crippen LogP contribution in [-0.2, 0) is 6.42 Å². The summed E-state index contributed by atoms with van der Waals surface area (Å²) in [6.07, 6.45) is 15.0. The van der Waals surface area contributed by atoms with E-state index in [1.54, 1.807) is 0 Å². The molecule has 0 unspecified atom stereocenters. The van der Waals surface area contributed by atoms with E-state index in [1.807, 2.05) is 30.3 Å². The number of aryl methyl sites for hydroxylation is 1. The molecule has 1 saturated carbocycles. The molecule has 0 radical (unpaired) electrons. The van der Waals surface area contributed by atoms with Crippen molar-refractivity contribution in [2.75, 3.05) is 6.67 Å². The molecule has 152 valence electrons. The van der Waals surface area contributed by atoms with Crippen molar-refractivity contribution in [1.29, 1.82) is 5.26 Å². The zero-order valence-electron chi connectivity index (χ0n) is 17.3. The predicted octanol–water partition coefficient (Wildman–Crippen LogP) is 7.66. The highest BCUT2D eigenvalue weighted by Crippen LogP contribution is 2.34. The van der Waals surface area contributed by atoms with Gasteiger partial charge < -0.3 is 0 Å². The van der Waals surface area contributed by atoms with Crippen molar-refractivity contribution in [3.63, 3.8) is 0 Å². The summed E-state index contributed by atoms with van der Waals surface area (Å²) in [5, 5.41) is 8.92. The molecule has 0 aliphatic heterocycles. The highest BCUT2D eigenvalue weighted by Gasteiger charge is 2.20. The fourth-order valence-corrected chi connectivity index (χ4v) is 4.41. The molecule has 0 heterocycles. The molecule has 0 bridgehead atoms. The molecule has 0 saturated heterocycles.